The van der Waals surface area contributed by atoms with E-state index in [2.05, 4.69) is 45.0 Å². The van der Waals surface area contributed by atoms with Gasteiger partial charge in [0.15, 0.2) is 0 Å². The van der Waals surface area contributed by atoms with Crippen molar-refractivity contribution >= 4 is 17.7 Å². The molecule has 3 heteroatoms. The van der Waals surface area contributed by atoms with Crippen LogP contribution in [-0.2, 0) is 4.79 Å². The standard InChI is InChI=1S/C15H19NOS/c1-6-7-16-14(17)9-18-15-12(4)10(2)8-11(3)13(15)5/h1,8H,7,9H2,2-5H3,(H,16,17). The summed E-state index contributed by atoms with van der Waals surface area (Å²) in [4.78, 5) is 12.8. The van der Waals surface area contributed by atoms with E-state index in [0.717, 1.165) is 0 Å². The Bertz CT molecular complexity index is 474. The molecule has 1 aromatic rings. The number of benzene rings is 1. The summed E-state index contributed by atoms with van der Waals surface area (Å²) in [5.41, 5.74) is 5.05. The fraction of sp³-hybridized carbons (Fsp3) is 0.400. The third-order valence-electron chi connectivity index (χ3n) is 3.03. The Kier molecular flexibility index (Phi) is 5.30. The van der Waals surface area contributed by atoms with Crippen molar-refractivity contribution < 1.29 is 4.79 Å². The Hall–Kier alpha value is -1.40. The van der Waals surface area contributed by atoms with Crippen LogP contribution in [0.4, 0.5) is 0 Å². The molecule has 0 aliphatic heterocycles. The molecule has 0 aromatic heterocycles. The number of carbonyl (C=O) groups is 1. The van der Waals surface area contributed by atoms with Gasteiger partial charge in [-0.2, -0.15) is 0 Å². The first-order valence-corrected chi connectivity index (χ1v) is 6.86. The first-order valence-electron chi connectivity index (χ1n) is 5.87. The van der Waals surface area contributed by atoms with E-state index in [0.29, 0.717) is 12.3 Å². The zero-order chi connectivity index (χ0) is 13.7. The Balaban J connectivity index is 2.79. The lowest BCUT2D eigenvalue weighted by Crippen LogP contribution is -2.25. The van der Waals surface area contributed by atoms with Crippen molar-refractivity contribution in [2.45, 2.75) is 32.6 Å². The Morgan fingerprint density at radius 2 is 1.83 bits per heavy atom. The van der Waals surface area contributed by atoms with Gasteiger partial charge >= 0.3 is 0 Å². The van der Waals surface area contributed by atoms with Gasteiger partial charge in [-0.15, -0.1) is 18.2 Å². The highest BCUT2D eigenvalue weighted by Crippen LogP contribution is 2.30. The van der Waals surface area contributed by atoms with E-state index in [9.17, 15) is 4.79 Å². The lowest BCUT2D eigenvalue weighted by Gasteiger charge is -2.14. The fourth-order valence-corrected chi connectivity index (χ4v) is 2.87. The number of rotatable bonds is 4. The molecule has 1 amide bonds. The summed E-state index contributed by atoms with van der Waals surface area (Å²) < 4.78 is 0. The first kappa shape index (κ1) is 14.7. The van der Waals surface area contributed by atoms with Crippen molar-refractivity contribution in [3.63, 3.8) is 0 Å². The SMILES string of the molecule is C#CCNC(=O)CSc1c(C)c(C)cc(C)c1C. The molecule has 1 N–H and O–H groups in total. The zero-order valence-corrected chi connectivity index (χ0v) is 12.2. The molecule has 0 unspecified atom stereocenters. The lowest BCUT2D eigenvalue weighted by molar-refractivity contribution is -0.118. The summed E-state index contributed by atoms with van der Waals surface area (Å²) in [5.74, 6) is 2.79. The number of amides is 1. The van der Waals surface area contributed by atoms with Crippen LogP contribution < -0.4 is 5.32 Å². The average molecular weight is 261 g/mol. The van der Waals surface area contributed by atoms with E-state index in [4.69, 9.17) is 6.42 Å². The van der Waals surface area contributed by atoms with Gasteiger partial charge in [0.25, 0.3) is 0 Å². The predicted molar refractivity (Wildman–Crippen MR) is 78.0 cm³/mol. The Labute approximate surface area is 114 Å². The van der Waals surface area contributed by atoms with Crippen LogP contribution >= 0.6 is 11.8 Å². The minimum Gasteiger partial charge on any atom is -0.344 e. The highest BCUT2D eigenvalue weighted by atomic mass is 32.2. The van der Waals surface area contributed by atoms with Gasteiger partial charge in [-0.3, -0.25) is 4.79 Å². The summed E-state index contributed by atoms with van der Waals surface area (Å²) in [6.45, 7) is 8.70. The largest absolute Gasteiger partial charge is 0.344 e. The molecule has 0 saturated heterocycles. The highest BCUT2D eigenvalue weighted by Gasteiger charge is 2.10. The number of carbonyl (C=O) groups excluding carboxylic acids is 1. The number of hydrogen-bond donors (Lipinski definition) is 1. The number of terminal acetylenes is 1. The van der Waals surface area contributed by atoms with Crippen LogP contribution in [0.3, 0.4) is 0 Å². The van der Waals surface area contributed by atoms with E-state index < -0.39 is 0 Å². The number of hydrogen-bond acceptors (Lipinski definition) is 2. The maximum Gasteiger partial charge on any atom is 0.231 e. The van der Waals surface area contributed by atoms with E-state index >= 15 is 0 Å². The third-order valence-corrected chi connectivity index (χ3v) is 4.34. The maximum absolute atomic E-state index is 11.5. The van der Waals surface area contributed by atoms with Gasteiger partial charge in [0.2, 0.25) is 5.91 Å². The Morgan fingerprint density at radius 1 is 1.28 bits per heavy atom. The number of nitrogens with one attached hydrogen (secondary N) is 1. The van der Waals surface area contributed by atoms with E-state index in [1.165, 1.54) is 27.1 Å². The summed E-state index contributed by atoms with van der Waals surface area (Å²) in [5, 5.41) is 2.67. The van der Waals surface area contributed by atoms with Gasteiger partial charge in [0, 0.05) is 4.90 Å². The second kappa shape index (κ2) is 6.51. The quantitative estimate of drug-likeness (QED) is 0.667. The molecule has 96 valence electrons. The molecule has 0 heterocycles. The first-order chi connectivity index (χ1) is 8.47. The molecule has 0 spiro atoms. The minimum atomic E-state index is -0.0177. The third kappa shape index (κ3) is 3.54. The molecule has 0 aliphatic rings. The monoisotopic (exact) mass is 261 g/mol. The van der Waals surface area contributed by atoms with Gasteiger partial charge < -0.3 is 5.32 Å². The smallest absolute Gasteiger partial charge is 0.231 e. The van der Waals surface area contributed by atoms with Gasteiger partial charge in [-0.1, -0.05) is 12.0 Å². The summed E-state index contributed by atoms with van der Waals surface area (Å²) in [6, 6.07) is 2.19. The highest BCUT2D eigenvalue weighted by molar-refractivity contribution is 8.00. The zero-order valence-electron chi connectivity index (χ0n) is 11.4. The average Bonchev–Trinajstić information content (AvgIpc) is 2.34. The number of aryl methyl sites for hydroxylation is 2. The van der Waals surface area contributed by atoms with Crippen LogP contribution in [0.15, 0.2) is 11.0 Å². The Morgan fingerprint density at radius 3 is 2.33 bits per heavy atom. The van der Waals surface area contributed by atoms with Crippen LogP contribution in [-0.4, -0.2) is 18.2 Å². The van der Waals surface area contributed by atoms with Gasteiger partial charge in [-0.05, 0) is 49.9 Å². The topological polar surface area (TPSA) is 29.1 Å². The van der Waals surface area contributed by atoms with Crippen molar-refractivity contribution in [1.29, 1.82) is 0 Å². The molecule has 0 atom stereocenters. The van der Waals surface area contributed by atoms with Crippen LogP contribution in [0.1, 0.15) is 22.3 Å². The van der Waals surface area contributed by atoms with Crippen LogP contribution in [0.5, 0.6) is 0 Å². The molecular formula is C15H19NOS. The van der Waals surface area contributed by atoms with Crippen molar-refractivity contribution in [3.05, 3.63) is 28.3 Å². The summed E-state index contributed by atoms with van der Waals surface area (Å²) in [6.07, 6.45) is 5.10. The van der Waals surface area contributed by atoms with E-state index in [-0.39, 0.29) is 5.91 Å². The molecule has 0 bridgehead atoms. The second-order valence-corrected chi connectivity index (χ2v) is 5.34. The van der Waals surface area contributed by atoms with Crippen molar-refractivity contribution in [2.75, 3.05) is 12.3 Å². The van der Waals surface area contributed by atoms with E-state index in [1.54, 1.807) is 11.8 Å². The molecule has 0 saturated carbocycles. The summed E-state index contributed by atoms with van der Waals surface area (Å²) >= 11 is 1.58. The molecule has 0 radical (unpaired) electrons. The molecule has 1 rings (SSSR count). The minimum absolute atomic E-state index is 0.0177. The summed E-state index contributed by atoms with van der Waals surface area (Å²) in [7, 11) is 0. The second-order valence-electron chi connectivity index (χ2n) is 4.36. The molecular weight excluding hydrogens is 242 g/mol. The molecule has 0 fully saturated rings. The van der Waals surface area contributed by atoms with Crippen molar-refractivity contribution in [2.24, 2.45) is 0 Å². The van der Waals surface area contributed by atoms with Crippen LogP contribution in [0.25, 0.3) is 0 Å². The number of thioether (sulfide) groups is 1. The fourth-order valence-electron chi connectivity index (χ4n) is 1.74. The molecule has 18 heavy (non-hydrogen) atoms. The predicted octanol–water partition coefficient (Wildman–Crippen LogP) is 2.76. The normalized spacial score (nSPS) is 9.94. The maximum atomic E-state index is 11.5. The van der Waals surface area contributed by atoms with Crippen LogP contribution in [0.2, 0.25) is 0 Å². The van der Waals surface area contributed by atoms with Crippen molar-refractivity contribution in [1.82, 2.24) is 5.32 Å². The molecule has 2 nitrogen and oxygen atoms in total. The van der Waals surface area contributed by atoms with Gasteiger partial charge in [-0.25, -0.2) is 0 Å². The van der Waals surface area contributed by atoms with Gasteiger partial charge in [0.05, 0.1) is 12.3 Å². The lowest BCUT2D eigenvalue weighted by atomic mass is 10.0. The van der Waals surface area contributed by atoms with E-state index in [1.807, 2.05) is 0 Å². The van der Waals surface area contributed by atoms with Gasteiger partial charge in [0.1, 0.15) is 0 Å². The molecule has 0 aliphatic carbocycles. The van der Waals surface area contributed by atoms with Crippen molar-refractivity contribution in [3.8, 4) is 12.3 Å². The van der Waals surface area contributed by atoms with Crippen LogP contribution in [0, 0.1) is 40.0 Å². The molecule has 1 aromatic carbocycles.